The highest BCUT2D eigenvalue weighted by Crippen LogP contribution is 2.44. The van der Waals surface area contributed by atoms with E-state index in [1.165, 1.54) is 77.0 Å². The van der Waals surface area contributed by atoms with Crippen LogP contribution in [0.3, 0.4) is 0 Å². The van der Waals surface area contributed by atoms with Gasteiger partial charge < -0.3 is 0 Å². The van der Waals surface area contributed by atoms with Gasteiger partial charge in [-0.05, 0) is 79.9 Å². The van der Waals surface area contributed by atoms with Gasteiger partial charge in [0.05, 0.1) is 0 Å². The predicted octanol–water partition coefficient (Wildman–Crippen LogP) is 7.64. The Hall–Kier alpha value is -0.430. The standard InChI is InChI=1S/C23H36S/c1-2-3-4-5-18-6-8-19(9-7-18)20-10-12-21(13-11-20)22-14-16-23(24)17-15-22/h14-21,24H,2-13H2,1H3. The summed E-state index contributed by atoms with van der Waals surface area (Å²) in [6.07, 6.45) is 17.7. The van der Waals surface area contributed by atoms with Crippen LogP contribution in [0, 0.1) is 17.8 Å². The van der Waals surface area contributed by atoms with Gasteiger partial charge in [-0.3, -0.25) is 0 Å². The van der Waals surface area contributed by atoms with Crippen LogP contribution in [0.4, 0.5) is 0 Å². The molecule has 0 bridgehead atoms. The lowest BCUT2D eigenvalue weighted by molar-refractivity contribution is 0.155. The van der Waals surface area contributed by atoms with Gasteiger partial charge in [0.25, 0.3) is 0 Å². The van der Waals surface area contributed by atoms with Gasteiger partial charge in [-0.2, -0.15) is 0 Å². The summed E-state index contributed by atoms with van der Waals surface area (Å²) in [5.41, 5.74) is 1.55. The van der Waals surface area contributed by atoms with Gasteiger partial charge in [0, 0.05) is 4.90 Å². The Morgan fingerprint density at radius 2 is 1.38 bits per heavy atom. The third kappa shape index (κ3) is 5.04. The van der Waals surface area contributed by atoms with Gasteiger partial charge >= 0.3 is 0 Å². The maximum Gasteiger partial charge on any atom is 0.00401 e. The summed E-state index contributed by atoms with van der Waals surface area (Å²) in [5.74, 6) is 3.94. The van der Waals surface area contributed by atoms with Gasteiger partial charge in [-0.1, -0.05) is 57.6 Å². The van der Waals surface area contributed by atoms with E-state index in [9.17, 15) is 0 Å². The average molecular weight is 345 g/mol. The molecular weight excluding hydrogens is 308 g/mol. The topological polar surface area (TPSA) is 0 Å². The number of unbranched alkanes of at least 4 members (excludes halogenated alkanes) is 2. The van der Waals surface area contributed by atoms with Gasteiger partial charge in [0.2, 0.25) is 0 Å². The van der Waals surface area contributed by atoms with Crippen molar-refractivity contribution in [1.82, 2.24) is 0 Å². The summed E-state index contributed by atoms with van der Waals surface area (Å²) in [6.45, 7) is 2.32. The first kappa shape index (κ1) is 18.4. The van der Waals surface area contributed by atoms with E-state index in [4.69, 9.17) is 0 Å². The van der Waals surface area contributed by atoms with Crippen molar-refractivity contribution >= 4 is 12.6 Å². The SMILES string of the molecule is CCCCCC1CCC(C2CCC(c3ccc(S)cc3)CC2)CC1. The van der Waals surface area contributed by atoms with E-state index in [2.05, 4.69) is 43.8 Å². The van der Waals surface area contributed by atoms with Crippen LogP contribution in [0.2, 0.25) is 0 Å². The molecule has 2 aliphatic rings. The Morgan fingerprint density at radius 3 is 1.96 bits per heavy atom. The highest BCUT2D eigenvalue weighted by molar-refractivity contribution is 7.80. The van der Waals surface area contributed by atoms with E-state index in [-0.39, 0.29) is 0 Å². The number of hydrogen-bond acceptors (Lipinski definition) is 1. The van der Waals surface area contributed by atoms with Crippen molar-refractivity contribution in [3.8, 4) is 0 Å². The van der Waals surface area contributed by atoms with Crippen LogP contribution in [0.25, 0.3) is 0 Å². The van der Waals surface area contributed by atoms with E-state index in [0.717, 1.165) is 28.6 Å². The monoisotopic (exact) mass is 344 g/mol. The van der Waals surface area contributed by atoms with Gasteiger partial charge in [-0.25, -0.2) is 0 Å². The van der Waals surface area contributed by atoms with E-state index in [1.807, 2.05) is 0 Å². The number of rotatable bonds is 6. The van der Waals surface area contributed by atoms with E-state index in [1.54, 1.807) is 5.56 Å². The first-order valence-corrected chi connectivity index (χ1v) is 11.0. The minimum Gasteiger partial charge on any atom is -0.143 e. The molecule has 0 unspecified atom stereocenters. The molecule has 3 rings (SSSR count). The zero-order valence-electron chi connectivity index (χ0n) is 15.6. The molecule has 24 heavy (non-hydrogen) atoms. The zero-order chi connectivity index (χ0) is 16.8. The van der Waals surface area contributed by atoms with Crippen molar-refractivity contribution < 1.29 is 0 Å². The van der Waals surface area contributed by atoms with E-state index in [0.29, 0.717) is 0 Å². The third-order valence-electron chi connectivity index (χ3n) is 6.91. The summed E-state index contributed by atoms with van der Waals surface area (Å²) in [6, 6.07) is 8.92. The number of thiol groups is 1. The summed E-state index contributed by atoms with van der Waals surface area (Å²) in [5, 5.41) is 0. The Morgan fingerprint density at radius 1 is 0.792 bits per heavy atom. The lowest BCUT2D eigenvalue weighted by Crippen LogP contribution is -2.25. The van der Waals surface area contributed by atoms with E-state index < -0.39 is 0 Å². The molecule has 1 heteroatoms. The number of benzene rings is 1. The normalized spacial score (nSPS) is 31.1. The van der Waals surface area contributed by atoms with Crippen LogP contribution in [0.15, 0.2) is 29.2 Å². The Kier molecular flexibility index (Phi) is 7.13. The lowest BCUT2D eigenvalue weighted by Gasteiger charge is -2.38. The second-order valence-electron chi connectivity index (χ2n) is 8.48. The average Bonchev–Trinajstić information content (AvgIpc) is 2.63. The Labute approximate surface area is 155 Å². The fourth-order valence-corrected chi connectivity index (χ4v) is 5.45. The van der Waals surface area contributed by atoms with E-state index >= 15 is 0 Å². The smallest absolute Gasteiger partial charge is 0.00401 e. The van der Waals surface area contributed by atoms with Crippen molar-refractivity contribution in [2.24, 2.45) is 17.8 Å². The maximum atomic E-state index is 4.41. The molecule has 0 N–H and O–H groups in total. The van der Waals surface area contributed by atoms with Crippen LogP contribution in [-0.2, 0) is 0 Å². The molecule has 0 atom stereocenters. The highest BCUT2D eigenvalue weighted by atomic mass is 32.1. The lowest BCUT2D eigenvalue weighted by atomic mass is 9.68. The second kappa shape index (κ2) is 9.32. The molecule has 1 aromatic carbocycles. The molecule has 1 aromatic rings. The molecule has 0 aliphatic heterocycles. The van der Waals surface area contributed by atoms with Crippen LogP contribution in [-0.4, -0.2) is 0 Å². The molecule has 0 heterocycles. The minimum atomic E-state index is 0.806. The Balaban J connectivity index is 1.40. The summed E-state index contributed by atoms with van der Waals surface area (Å²) >= 11 is 4.41. The van der Waals surface area contributed by atoms with Gasteiger partial charge in [0.15, 0.2) is 0 Å². The molecule has 134 valence electrons. The van der Waals surface area contributed by atoms with Crippen LogP contribution >= 0.6 is 12.6 Å². The molecule has 0 radical (unpaired) electrons. The van der Waals surface area contributed by atoms with Crippen molar-refractivity contribution in [3.63, 3.8) is 0 Å². The second-order valence-corrected chi connectivity index (χ2v) is 9.00. The molecule has 0 spiro atoms. The summed E-state index contributed by atoms with van der Waals surface area (Å²) in [4.78, 5) is 1.09. The summed E-state index contributed by atoms with van der Waals surface area (Å²) < 4.78 is 0. The highest BCUT2D eigenvalue weighted by Gasteiger charge is 2.31. The van der Waals surface area contributed by atoms with Crippen molar-refractivity contribution in [2.75, 3.05) is 0 Å². The van der Waals surface area contributed by atoms with Gasteiger partial charge in [0.1, 0.15) is 0 Å². The molecule has 2 saturated carbocycles. The number of hydrogen-bond donors (Lipinski definition) is 1. The molecule has 0 aromatic heterocycles. The molecule has 0 amide bonds. The first-order chi connectivity index (χ1) is 11.8. The van der Waals surface area contributed by atoms with Crippen molar-refractivity contribution in [2.45, 2.75) is 94.8 Å². The van der Waals surface area contributed by atoms with Crippen LogP contribution in [0.5, 0.6) is 0 Å². The molecule has 2 aliphatic carbocycles. The Bertz CT molecular complexity index is 461. The molecule has 0 saturated heterocycles. The zero-order valence-corrected chi connectivity index (χ0v) is 16.4. The van der Waals surface area contributed by atoms with Crippen molar-refractivity contribution in [3.05, 3.63) is 29.8 Å². The van der Waals surface area contributed by atoms with Crippen LogP contribution < -0.4 is 0 Å². The quantitative estimate of drug-likeness (QED) is 0.398. The maximum absolute atomic E-state index is 4.41. The molecular formula is C23H36S. The van der Waals surface area contributed by atoms with Crippen LogP contribution in [0.1, 0.15) is 95.5 Å². The minimum absolute atomic E-state index is 0.806. The summed E-state index contributed by atoms with van der Waals surface area (Å²) in [7, 11) is 0. The molecule has 0 nitrogen and oxygen atoms in total. The largest absolute Gasteiger partial charge is 0.143 e. The first-order valence-electron chi connectivity index (χ1n) is 10.5. The fourth-order valence-electron chi connectivity index (χ4n) is 5.30. The van der Waals surface area contributed by atoms with Crippen molar-refractivity contribution in [1.29, 1.82) is 0 Å². The predicted molar refractivity (Wildman–Crippen MR) is 108 cm³/mol. The third-order valence-corrected chi connectivity index (χ3v) is 7.21. The van der Waals surface area contributed by atoms with Gasteiger partial charge in [-0.15, -0.1) is 12.6 Å². The fraction of sp³-hybridized carbons (Fsp3) is 0.739. The molecule has 2 fully saturated rings.